The molecule has 3 N–H and O–H groups in total. The van der Waals surface area contributed by atoms with Gasteiger partial charge in [-0.1, -0.05) is 41.4 Å². The summed E-state index contributed by atoms with van der Waals surface area (Å²) in [6.45, 7) is 2.87. The highest BCUT2D eigenvalue weighted by Crippen LogP contribution is 2.21. The van der Waals surface area contributed by atoms with Crippen molar-refractivity contribution in [3.05, 3.63) is 63.6 Å². The van der Waals surface area contributed by atoms with Crippen molar-refractivity contribution in [1.29, 1.82) is 0 Å². The van der Waals surface area contributed by atoms with E-state index >= 15 is 0 Å². The summed E-state index contributed by atoms with van der Waals surface area (Å²) in [6.07, 6.45) is 1.78. The maximum atomic E-state index is 11.2. The minimum atomic E-state index is -0.0848. The first kappa shape index (κ1) is 21.1. The van der Waals surface area contributed by atoms with E-state index in [1.165, 1.54) is 6.92 Å². The topological polar surface area (TPSA) is 65.5 Å². The van der Waals surface area contributed by atoms with Crippen LogP contribution >= 0.6 is 23.2 Å². The van der Waals surface area contributed by atoms with Crippen molar-refractivity contribution in [1.82, 2.24) is 10.6 Å². The largest absolute Gasteiger partial charge is 0.356 e. The van der Waals surface area contributed by atoms with E-state index < -0.39 is 0 Å². The molecule has 0 saturated heterocycles. The monoisotopic (exact) mass is 406 g/mol. The molecule has 0 aliphatic heterocycles. The predicted octanol–water partition coefficient (Wildman–Crippen LogP) is 4.25. The minimum Gasteiger partial charge on any atom is -0.356 e. The van der Waals surface area contributed by atoms with E-state index in [0.717, 1.165) is 42.2 Å². The van der Waals surface area contributed by atoms with Crippen molar-refractivity contribution in [2.45, 2.75) is 26.3 Å². The Hall–Kier alpha value is -2.24. The number of benzene rings is 2. The van der Waals surface area contributed by atoms with Crippen LogP contribution in [0.5, 0.6) is 0 Å². The maximum Gasteiger partial charge on any atom is 0.221 e. The number of rotatable bonds is 7. The Morgan fingerprint density at radius 2 is 1.93 bits per heavy atom. The van der Waals surface area contributed by atoms with Crippen molar-refractivity contribution in [2.24, 2.45) is 4.99 Å². The van der Waals surface area contributed by atoms with Crippen molar-refractivity contribution in [3.8, 4) is 0 Å². The Morgan fingerprint density at radius 3 is 2.63 bits per heavy atom. The summed E-state index contributed by atoms with van der Waals surface area (Å²) < 4.78 is 0. The third kappa shape index (κ3) is 7.49. The molecule has 0 atom stereocenters. The molecule has 0 saturated carbocycles. The molecule has 0 bridgehead atoms. The van der Waals surface area contributed by atoms with E-state index in [1.807, 2.05) is 36.4 Å². The molecule has 0 aliphatic rings. The molecule has 2 aromatic carbocycles. The summed E-state index contributed by atoms with van der Waals surface area (Å²) in [5, 5.41) is 10.7. The van der Waals surface area contributed by atoms with Crippen LogP contribution in [0.25, 0.3) is 0 Å². The normalized spacial score (nSPS) is 11.2. The number of guanidine groups is 1. The number of nitrogens with zero attached hydrogens (tertiary/aromatic N) is 1. The van der Waals surface area contributed by atoms with Crippen molar-refractivity contribution in [3.63, 3.8) is 0 Å². The standard InChI is InChI=1S/C20H24Cl2N4O/c1-14(27)26-18-7-3-5-15(11-18)13-25-20(23-2)24-10-4-6-16-8-9-17(21)12-19(16)22/h3,5,7-9,11-12H,4,6,10,13H2,1-2H3,(H,26,27)(H2,23,24,25). The van der Waals surface area contributed by atoms with Gasteiger partial charge in [0.2, 0.25) is 5.91 Å². The van der Waals surface area contributed by atoms with E-state index in [4.69, 9.17) is 23.2 Å². The zero-order chi connectivity index (χ0) is 19.6. The Bertz CT molecular complexity index is 808. The smallest absolute Gasteiger partial charge is 0.221 e. The van der Waals surface area contributed by atoms with Crippen LogP contribution in [0.15, 0.2) is 47.5 Å². The van der Waals surface area contributed by atoms with Crippen LogP contribution in [0.4, 0.5) is 5.69 Å². The Kier molecular flexibility index (Phi) is 8.43. The summed E-state index contributed by atoms with van der Waals surface area (Å²) in [5.74, 6) is 0.639. The molecule has 27 heavy (non-hydrogen) atoms. The Labute approximate surface area is 170 Å². The highest BCUT2D eigenvalue weighted by molar-refractivity contribution is 6.35. The van der Waals surface area contributed by atoms with Crippen LogP contribution in [-0.2, 0) is 17.8 Å². The van der Waals surface area contributed by atoms with Crippen molar-refractivity contribution < 1.29 is 4.79 Å². The maximum absolute atomic E-state index is 11.2. The van der Waals surface area contributed by atoms with Crippen molar-refractivity contribution in [2.75, 3.05) is 18.9 Å². The number of carbonyl (C=O) groups is 1. The zero-order valence-corrected chi connectivity index (χ0v) is 17.0. The van der Waals surface area contributed by atoms with Gasteiger partial charge in [0.1, 0.15) is 0 Å². The average Bonchev–Trinajstić information content (AvgIpc) is 2.62. The van der Waals surface area contributed by atoms with Gasteiger partial charge in [-0.25, -0.2) is 0 Å². The molecule has 1 amide bonds. The van der Waals surface area contributed by atoms with Gasteiger partial charge in [-0.15, -0.1) is 0 Å². The van der Waals surface area contributed by atoms with Crippen LogP contribution in [0, 0.1) is 0 Å². The lowest BCUT2D eigenvalue weighted by molar-refractivity contribution is -0.114. The third-order valence-electron chi connectivity index (χ3n) is 3.86. The molecule has 0 heterocycles. The molecular formula is C20H24Cl2N4O. The number of amides is 1. The fraction of sp³-hybridized carbons (Fsp3) is 0.300. The summed E-state index contributed by atoms with van der Waals surface area (Å²) in [4.78, 5) is 15.4. The molecule has 144 valence electrons. The molecule has 0 radical (unpaired) electrons. The Balaban J connectivity index is 1.76. The summed E-state index contributed by atoms with van der Waals surface area (Å²) >= 11 is 12.1. The number of hydrogen-bond acceptors (Lipinski definition) is 2. The number of anilines is 1. The first-order valence-electron chi connectivity index (χ1n) is 8.73. The zero-order valence-electron chi connectivity index (χ0n) is 15.5. The number of nitrogens with one attached hydrogen (secondary N) is 3. The quantitative estimate of drug-likeness (QED) is 0.365. The van der Waals surface area contributed by atoms with Crippen LogP contribution in [-0.4, -0.2) is 25.5 Å². The third-order valence-corrected chi connectivity index (χ3v) is 4.45. The lowest BCUT2D eigenvalue weighted by Crippen LogP contribution is -2.37. The molecule has 2 aromatic rings. The SMILES string of the molecule is CN=C(NCCCc1ccc(Cl)cc1Cl)NCc1cccc(NC(C)=O)c1. The van der Waals surface area contributed by atoms with Gasteiger partial charge in [0.15, 0.2) is 5.96 Å². The molecule has 2 rings (SSSR count). The number of halogens is 2. The summed E-state index contributed by atoms with van der Waals surface area (Å²) in [7, 11) is 1.74. The molecule has 5 nitrogen and oxygen atoms in total. The lowest BCUT2D eigenvalue weighted by Gasteiger charge is -2.13. The molecule has 0 fully saturated rings. The van der Waals surface area contributed by atoms with Crippen LogP contribution < -0.4 is 16.0 Å². The second-order valence-corrected chi connectivity index (χ2v) is 6.92. The van der Waals surface area contributed by atoms with Gasteiger partial charge in [0.05, 0.1) is 0 Å². The van der Waals surface area contributed by atoms with E-state index in [2.05, 4.69) is 20.9 Å². The van der Waals surface area contributed by atoms with Gasteiger partial charge in [-0.05, 0) is 48.2 Å². The molecular weight excluding hydrogens is 383 g/mol. The Morgan fingerprint density at radius 1 is 1.11 bits per heavy atom. The fourth-order valence-corrected chi connectivity index (χ4v) is 3.08. The van der Waals surface area contributed by atoms with Gasteiger partial charge < -0.3 is 16.0 Å². The molecule has 0 spiro atoms. The molecule has 0 unspecified atom stereocenters. The van der Waals surface area contributed by atoms with E-state index in [9.17, 15) is 4.79 Å². The van der Waals surface area contributed by atoms with Crippen molar-refractivity contribution >= 4 is 40.8 Å². The first-order chi connectivity index (χ1) is 13.0. The number of aryl methyl sites for hydroxylation is 1. The van der Waals surface area contributed by atoms with Gasteiger partial charge in [0.25, 0.3) is 0 Å². The lowest BCUT2D eigenvalue weighted by atomic mass is 10.1. The number of aliphatic imine (C=N–C) groups is 1. The average molecular weight is 407 g/mol. The van der Waals surface area contributed by atoms with Crippen LogP contribution in [0.2, 0.25) is 10.0 Å². The highest BCUT2D eigenvalue weighted by atomic mass is 35.5. The molecule has 0 aliphatic carbocycles. The second kappa shape index (κ2) is 10.8. The summed E-state index contributed by atoms with van der Waals surface area (Å²) in [6, 6.07) is 13.3. The number of hydrogen-bond donors (Lipinski definition) is 3. The summed E-state index contributed by atoms with van der Waals surface area (Å²) in [5.41, 5.74) is 2.92. The van der Waals surface area contributed by atoms with Gasteiger partial charge in [-0.2, -0.15) is 0 Å². The van der Waals surface area contributed by atoms with E-state index in [1.54, 1.807) is 13.1 Å². The number of carbonyl (C=O) groups excluding carboxylic acids is 1. The molecule has 0 aromatic heterocycles. The molecule has 7 heteroatoms. The minimum absolute atomic E-state index is 0.0848. The highest BCUT2D eigenvalue weighted by Gasteiger charge is 2.03. The van der Waals surface area contributed by atoms with Crippen LogP contribution in [0.1, 0.15) is 24.5 Å². The van der Waals surface area contributed by atoms with Gasteiger partial charge in [-0.3, -0.25) is 9.79 Å². The van der Waals surface area contributed by atoms with Gasteiger partial charge in [0, 0.05) is 42.8 Å². The van der Waals surface area contributed by atoms with E-state index in [0.29, 0.717) is 16.6 Å². The van der Waals surface area contributed by atoms with Gasteiger partial charge >= 0.3 is 0 Å². The van der Waals surface area contributed by atoms with E-state index in [-0.39, 0.29) is 5.91 Å². The predicted molar refractivity (Wildman–Crippen MR) is 114 cm³/mol. The first-order valence-corrected chi connectivity index (χ1v) is 9.48. The van der Waals surface area contributed by atoms with Crippen LogP contribution in [0.3, 0.4) is 0 Å². The second-order valence-electron chi connectivity index (χ2n) is 6.07. The fourth-order valence-electron chi connectivity index (χ4n) is 2.58.